The van der Waals surface area contributed by atoms with Crippen LogP contribution >= 0.6 is 0 Å². The summed E-state index contributed by atoms with van der Waals surface area (Å²) < 4.78 is 40.7. The molecule has 17 heavy (non-hydrogen) atoms. The van der Waals surface area contributed by atoms with Gasteiger partial charge < -0.3 is 15.6 Å². The Balaban J connectivity index is 2.53. The molecule has 0 radical (unpaired) electrons. The van der Waals surface area contributed by atoms with Crippen LogP contribution in [0.4, 0.5) is 13.2 Å². The molecule has 0 spiro atoms. The van der Waals surface area contributed by atoms with E-state index in [1.165, 1.54) is 12.1 Å². The molecule has 0 bridgehead atoms. The second-order valence-electron chi connectivity index (χ2n) is 3.73. The lowest BCUT2D eigenvalue weighted by Gasteiger charge is -2.15. The molecular formula is C11H14F3NO2. The Labute approximate surface area is 97.0 Å². The molecule has 96 valence electrons. The molecule has 0 heterocycles. The lowest BCUT2D eigenvalue weighted by atomic mass is 10.1. The molecular weight excluding hydrogens is 235 g/mol. The summed E-state index contributed by atoms with van der Waals surface area (Å²) in [7, 11) is 0. The molecule has 6 heteroatoms. The van der Waals surface area contributed by atoms with E-state index in [2.05, 4.69) is 0 Å². The molecule has 0 aliphatic heterocycles. The Kier molecular flexibility index (Phi) is 4.36. The number of alkyl halides is 3. The van der Waals surface area contributed by atoms with Gasteiger partial charge in [0.05, 0.1) is 0 Å². The van der Waals surface area contributed by atoms with Gasteiger partial charge in [-0.15, -0.1) is 0 Å². The molecule has 2 atom stereocenters. The summed E-state index contributed by atoms with van der Waals surface area (Å²) in [5, 5.41) is 8.72. The molecule has 0 aliphatic rings. The number of hydrogen-bond acceptors (Lipinski definition) is 3. The second kappa shape index (κ2) is 5.37. The van der Waals surface area contributed by atoms with Gasteiger partial charge in [0.2, 0.25) is 0 Å². The van der Waals surface area contributed by atoms with Crippen molar-refractivity contribution in [1.82, 2.24) is 0 Å². The van der Waals surface area contributed by atoms with Gasteiger partial charge in [-0.05, 0) is 24.6 Å². The summed E-state index contributed by atoms with van der Waals surface area (Å²) in [5.74, 6) is 0.262. The van der Waals surface area contributed by atoms with Gasteiger partial charge in [0.1, 0.15) is 12.4 Å². The molecule has 0 saturated heterocycles. The first-order chi connectivity index (χ1) is 7.80. The van der Waals surface area contributed by atoms with E-state index in [0.717, 1.165) is 5.56 Å². The van der Waals surface area contributed by atoms with Gasteiger partial charge in [-0.3, -0.25) is 0 Å². The third kappa shape index (κ3) is 4.24. The SMILES string of the molecule is CC(N)c1ccc(OCC(O)C(F)(F)F)cc1. The van der Waals surface area contributed by atoms with Gasteiger partial charge in [0.15, 0.2) is 6.10 Å². The minimum Gasteiger partial charge on any atom is -0.491 e. The minimum absolute atomic E-state index is 0.148. The van der Waals surface area contributed by atoms with Crippen LogP contribution in [0.3, 0.4) is 0 Å². The molecule has 0 saturated carbocycles. The van der Waals surface area contributed by atoms with E-state index >= 15 is 0 Å². The van der Waals surface area contributed by atoms with Crippen molar-refractivity contribution in [1.29, 1.82) is 0 Å². The summed E-state index contributed by atoms with van der Waals surface area (Å²) in [4.78, 5) is 0. The number of benzene rings is 1. The molecule has 3 nitrogen and oxygen atoms in total. The molecule has 0 aromatic heterocycles. The van der Waals surface area contributed by atoms with E-state index < -0.39 is 18.9 Å². The second-order valence-corrected chi connectivity index (χ2v) is 3.73. The first-order valence-corrected chi connectivity index (χ1v) is 5.04. The van der Waals surface area contributed by atoms with Crippen LogP contribution in [-0.4, -0.2) is 24.0 Å². The summed E-state index contributed by atoms with van der Waals surface area (Å²) in [6, 6.07) is 6.22. The van der Waals surface area contributed by atoms with Crippen LogP contribution in [0.25, 0.3) is 0 Å². The fourth-order valence-electron chi connectivity index (χ4n) is 1.14. The van der Waals surface area contributed by atoms with Crippen LogP contribution in [-0.2, 0) is 0 Å². The maximum Gasteiger partial charge on any atom is 0.417 e. The molecule has 0 aliphatic carbocycles. The smallest absolute Gasteiger partial charge is 0.417 e. The van der Waals surface area contributed by atoms with E-state index in [1.807, 2.05) is 0 Å². The fourth-order valence-corrected chi connectivity index (χ4v) is 1.14. The molecule has 1 aromatic rings. The Bertz CT molecular complexity index is 349. The van der Waals surface area contributed by atoms with Crippen molar-refractivity contribution in [2.75, 3.05) is 6.61 Å². The van der Waals surface area contributed by atoms with Crippen molar-refractivity contribution in [2.24, 2.45) is 5.73 Å². The van der Waals surface area contributed by atoms with Gasteiger partial charge in [0.25, 0.3) is 0 Å². The third-order valence-electron chi connectivity index (χ3n) is 2.19. The van der Waals surface area contributed by atoms with Crippen molar-refractivity contribution in [2.45, 2.75) is 25.2 Å². The predicted octanol–water partition coefficient (Wildman–Crippen LogP) is 2.01. The van der Waals surface area contributed by atoms with E-state index in [-0.39, 0.29) is 11.8 Å². The Hall–Kier alpha value is -1.27. The summed E-state index contributed by atoms with van der Waals surface area (Å²) in [6.07, 6.45) is -7.14. The number of nitrogens with two attached hydrogens (primary N) is 1. The van der Waals surface area contributed by atoms with E-state index in [4.69, 9.17) is 15.6 Å². The van der Waals surface area contributed by atoms with Crippen LogP contribution in [0.5, 0.6) is 5.75 Å². The van der Waals surface area contributed by atoms with Crippen LogP contribution in [0.1, 0.15) is 18.5 Å². The summed E-state index contributed by atoms with van der Waals surface area (Å²) in [6.45, 7) is 0.976. The average molecular weight is 249 g/mol. The maximum atomic E-state index is 12.0. The first kappa shape index (κ1) is 13.8. The zero-order chi connectivity index (χ0) is 13.1. The largest absolute Gasteiger partial charge is 0.491 e. The van der Waals surface area contributed by atoms with Crippen molar-refractivity contribution in [3.8, 4) is 5.75 Å². The van der Waals surface area contributed by atoms with Crippen LogP contribution in [0, 0.1) is 0 Å². The summed E-state index contributed by atoms with van der Waals surface area (Å²) in [5.41, 5.74) is 6.47. The van der Waals surface area contributed by atoms with Crippen molar-refractivity contribution >= 4 is 0 Å². The fraction of sp³-hybridized carbons (Fsp3) is 0.455. The maximum absolute atomic E-state index is 12.0. The van der Waals surface area contributed by atoms with E-state index in [9.17, 15) is 13.2 Å². The highest BCUT2D eigenvalue weighted by Crippen LogP contribution is 2.21. The Morgan fingerprint density at radius 3 is 2.24 bits per heavy atom. The van der Waals surface area contributed by atoms with Crippen molar-refractivity contribution in [3.63, 3.8) is 0 Å². The highest BCUT2D eigenvalue weighted by molar-refractivity contribution is 5.28. The molecule has 3 N–H and O–H groups in total. The first-order valence-electron chi connectivity index (χ1n) is 5.04. The van der Waals surface area contributed by atoms with Gasteiger partial charge in [-0.1, -0.05) is 12.1 Å². The quantitative estimate of drug-likeness (QED) is 0.858. The molecule has 1 aromatic carbocycles. The number of ether oxygens (including phenoxy) is 1. The van der Waals surface area contributed by atoms with E-state index in [1.54, 1.807) is 19.1 Å². The Morgan fingerprint density at radius 1 is 1.29 bits per heavy atom. The minimum atomic E-state index is -4.66. The highest BCUT2D eigenvalue weighted by Gasteiger charge is 2.38. The number of hydrogen-bond donors (Lipinski definition) is 2. The molecule has 0 amide bonds. The zero-order valence-corrected chi connectivity index (χ0v) is 9.24. The molecule has 2 unspecified atom stereocenters. The average Bonchev–Trinajstić information content (AvgIpc) is 2.25. The topological polar surface area (TPSA) is 55.5 Å². The van der Waals surface area contributed by atoms with Crippen LogP contribution < -0.4 is 10.5 Å². The number of halogens is 3. The van der Waals surface area contributed by atoms with Crippen LogP contribution in [0.2, 0.25) is 0 Å². The molecule has 1 rings (SSSR count). The van der Waals surface area contributed by atoms with Crippen molar-refractivity contribution in [3.05, 3.63) is 29.8 Å². The zero-order valence-electron chi connectivity index (χ0n) is 9.24. The standard InChI is InChI=1S/C11H14F3NO2/c1-7(15)8-2-4-9(5-3-8)17-6-10(16)11(12,13)14/h2-5,7,10,16H,6,15H2,1H3. The van der Waals surface area contributed by atoms with Crippen molar-refractivity contribution < 1.29 is 23.0 Å². The number of aliphatic hydroxyl groups excluding tert-OH is 1. The Morgan fingerprint density at radius 2 is 1.82 bits per heavy atom. The molecule has 0 fully saturated rings. The van der Waals surface area contributed by atoms with Gasteiger partial charge in [-0.2, -0.15) is 13.2 Å². The van der Waals surface area contributed by atoms with E-state index in [0.29, 0.717) is 0 Å². The third-order valence-corrected chi connectivity index (χ3v) is 2.19. The number of rotatable bonds is 4. The summed E-state index contributed by atoms with van der Waals surface area (Å²) >= 11 is 0. The van der Waals surface area contributed by atoms with Gasteiger partial charge in [0, 0.05) is 6.04 Å². The highest BCUT2D eigenvalue weighted by atomic mass is 19.4. The predicted molar refractivity (Wildman–Crippen MR) is 56.6 cm³/mol. The lowest BCUT2D eigenvalue weighted by molar-refractivity contribution is -0.210. The van der Waals surface area contributed by atoms with Crippen LogP contribution in [0.15, 0.2) is 24.3 Å². The monoisotopic (exact) mass is 249 g/mol. The number of aliphatic hydroxyl groups is 1. The lowest BCUT2D eigenvalue weighted by Crippen LogP contribution is -2.34. The van der Waals surface area contributed by atoms with Gasteiger partial charge in [-0.25, -0.2) is 0 Å². The normalized spacial score (nSPS) is 15.4. The van der Waals surface area contributed by atoms with Gasteiger partial charge >= 0.3 is 6.18 Å².